The van der Waals surface area contributed by atoms with Gasteiger partial charge in [-0.05, 0) is 6.07 Å². The molecule has 3 aromatic rings. The van der Waals surface area contributed by atoms with Gasteiger partial charge in [0.25, 0.3) is 0 Å². The van der Waals surface area contributed by atoms with Crippen LogP contribution < -0.4 is 5.14 Å². The van der Waals surface area contributed by atoms with E-state index in [9.17, 15) is 8.42 Å². The van der Waals surface area contributed by atoms with Gasteiger partial charge >= 0.3 is 0 Å². The smallest absolute Gasteiger partial charge is 0.238 e. The van der Waals surface area contributed by atoms with Crippen LogP contribution in [0, 0.1) is 0 Å². The van der Waals surface area contributed by atoms with E-state index in [0.29, 0.717) is 11.1 Å². The normalized spacial score (nSPS) is 11.5. The Labute approximate surface area is 122 Å². The van der Waals surface area contributed by atoms with Crippen molar-refractivity contribution in [1.29, 1.82) is 0 Å². The zero-order chi connectivity index (χ0) is 14.9. The maximum absolute atomic E-state index is 11.7. The van der Waals surface area contributed by atoms with Crippen molar-refractivity contribution < 1.29 is 8.42 Å². The van der Waals surface area contributed by atoms with Crippen molar-refractivity contribution in [1.82, 2.24) is 10.2 Å². The summed E-state index contributed by atoms with van der Waals surface area (Å²) in [6.45, 7) is 0. The number of H-pyrrole nitrogens is 1. The van der Waals surface area contributed by atoms with Gasteiger partial charge in [-0.2, -0.15) is 5.10 Å². The summed E-state index contributed by atoms with van der Waals surface area (Å²) in [5, 5.41) is 12.2. The van der Waals surface area contributed by atoms with Gasteiger partial charge in [0.2, 0.25) is 10.0 Å². The minimum absolute atomic E-state index is 0.0866. The number of hydrogen-bond donors (Lipinski definition) is 2. The average molecular weight is 299 g/mol. The minimum atomic E-state index is -3.80. The lowest BCUT2D eigenvalue weighted by atomic mass is 10.0. The molecule has 3 rings (SSSR count). The summed E-state index contributed by atoms with van der Waals surface area (Å²) in [6, 6.07) is 16.2. The molecule has 0 unspecified atom stereocenters. The van der Waals surface area contributed by atoms with Gasteiger partial charge in [0.15, 0.2) is 0 Å². The Bertz CT molecular complexity index is 871. The van der Waals surface area contributed by atoms with Gasteiger partial charge in [0, 0.05) is 16.7 Å². The molecule has 0 spiro atoms. The van der Waals surface area contributed by atoms with Crippen LogP contribution >= 0.6 is 0 Å². The number of rotatable bonds is 3. The number of primary sulfonamides is 1. The fraction of sp³-hybridized carbons (Fsp3) is 0. The van der Waals surface area contributed by atoms with Crippen LogP contribution in [0.4, 0.5) is 0 Å². The van der Waals surface area contributed by atoms with Gasteiger partial charge in [0.05, 0.1) is 16.8 Å². The fourth-order valence-electron chi connectivity index (χ4n) is 2.25. The van der Waals surface area contributed by atoms with Crippen molar-refractivity contribution in [3.05, 3.63) is 60.8 Å². The second-order valence-corrected chi connectivity index (χ2v) is 6.10. The van der Waals surface area contributed by atoms with E-state index in [2.05, 4.69) is 10.2 Å². The van der Waals surface area contributed by atoms with Crippen molar-refractivity contribution >= 4 is 10.0 Å². The third-order valence-corrected chi connectivity index (χ3v) is 4.15. The number of nitrogens with two attached hydrogens (primary N) is 1. The van der Waals surface area contributed by atoms with E-state index < -0.39 is 10.0 Å². The first-order chi connectivity index (χ1) is 10.1. The zero-order valence-electron chi connectivity index (χ0n) is 11.0. The molecule has 21 heavy (non-hydrogen) atoms. The third kappa shape index (κ3) is 2.58. The molecule has 0 amide bonds. The van der Waals surface area contributed by atoms with Crippen LogP contribution in [0.5, 0.6) is 0 Å². The van der Waals surface area contributed by atoms with Crippen LogP contribution in [0.15, 0.2) is 65.7 Å². The Morgan fingerprint density at radius 3 is 2.29 bits per heavy atom. The molecular weight excluding hydrogens is 286 g/mol. The van der Waals surface area contributed by atoms with Crippen LogP contribution in [0.25, 0.3) is 22.4 Å². The summed E-state index contributed by atoms with van der Waals surface area (Å²) < 4.78 is 23.5. The number of aromatic nitrogens is 2. The molecule has 106 valence electrons. The molecule has 0 aliphatic heterocycles. The molecular formula is C15H13N3O2S. The van der Waals surface area contributed by atoms with Crippen molar-refractivity contribution in [2.45, 2.75) is 4.90 Å². The van der Waals surface area contributed by atoms with Gasteiger partial charge in [-0.15, -0.1) is 0 Å². The third-order valence-electron chi connectivity index (χ3n) is 3.19. The van der Waals surface area contributed by atoms with Crippen molar-refractivity contribution in [2.24, 2.45) is 5.14 Å². The number of nitrogens with zero attached hydrogens (tertiary/aromatic N) is 1. The SMILES string of the molecule is NS(=O)(=O)c1ccccc1-c1cn[nH]c1-c1ccccc1. The van der Waals surface area contributed by atoms with E-state index in [-0.39, 0.29) is 4.90 Å². The molecule has 0 bridgehead atoms. The lowest BCUT2D eigenvalue weighted by Gasteiger charge is -2.08. The molecule has 6 heteroatoms. The van der Waals surface area contributed by atoms with Crippen LogP contribution in [-0.4, -0.2) is 18.6 Å². The minimum Gasteiger partial charge on any atom is -0.277 e. The number of nitrogens with one attached hydrogen (secondary N) is 1. The summed E-state index contributed by atoms with van der Waals surface area (Å²) in [5.41, 5.74) is 2.92. The topological polar surface area (TPSA) is 88.8 Å². The van der Waals surface area contributed by atoms with E-state index in [1.165, 1.54) is 6.07 Å². The lowest BCUT2D eigenvalue weighted by Crippen LogP contribution is -2.13. The predicted octanol–water partition coefficient (Wildman–Crippen LogP) is 2.39. The molecule has 1 aromatic heterocycles. The number of sulfonamides is 1. The summed E-state index contributed by atoms with van der Waals surface area (Å²) in [4.78, 5) is 0.0866. The summed E-state index contributed by atoms with van der Waals surface area (Å²) >= 11 is 0. The highest BCUT2D eigenvalue weighted by molar-refractivity contribution is 7.89. The molecule has 0 aliphatic rings. The van der Waals surface area contributed by atoms with E-state index in [1.54, 1.807) is 24.4 Å². The second-order valence-electron chi connectivity index (χ2n) is 4.57. The second kappa shape index (κ2) is 5.16. The molecule has 0 fully saturated rings. The molecule has 0 radical (unpaired) electrons. The number of aromatic amines is 1. The van der Waals surface area contributed by atoms with Crippen LogP contribution in [0.3, 0.4) is 0 Å². The predicted molar refractivity (Wildman–Crippen MR) is 80.8 cm³/mol. The van der Waals surface area contributed by atoms with Crippen molar-refractivity contribution in [3.8, 4) is 22.4 Å². The van der Waals surface area contributed by atoms with Gasteiger partial charge in [0.1, 0.15) is 0 Å². The van der Waals surface area contributed by atoms with Crippen molar-refractivity contribution in [3.63, 3.8) is 0 Å². The Morgan fingerprint density at radius 2 is 1.57 bits per heavy atom. The summed E-state index contributed by atoms with van der Waals surface area (Å²) in [7, 11) is -3.80. The van der Waals surface area contributed by atoms with Gasteiger partial charge in [-0.3, -0.25) is 5.10 Å². The molecule has 5 nitrogen and oxygen atoms in total. The Kier molecular flexibility index (Phi) is 3.32. The van der Waals surface area contributed by atoms with E-state index >= 15 is 0 Å². The maximum atomic E-state index is 11.7. The van der Waals surface area contributed by atoms with Crippen molar-refractivity contribution in [2.75, 3.05) is 0 Å². The quantitative estimate of drug-likeness (QED) is 0.778. The van der Waals surface area contributed by atoms with Gasteiger partial charge in [-0.25, -0.2) is 13.6 Å². The summed E-state index contributed by atoms with van der Waals surface area (Å²) in [6.07, 6.45) is 1.60. The van der Waals surface area contributed by atoms with E-state index in [0.717, 1.165) is 11.3 Å². The molecule has 0 atom stereocenters. The molecule has 1 heterocycles. The summed E-state index contributed by atoms with van der Waals surface area (Å²) in [5.74, 6) is 0. The van der Waals surface area contributed by atoms with E-state index in [1.807, 2.05) is 30.3 Å². The van der Waals surface area contributed by atoms with Crippen LogP contribution in [-0.2, 0) is 10.0 Å². The molecule has 2 aromatic carbocycles. The number of hydrogen-bond acceptors (Lipinski definition) is 3. The highest BCUT2D eigenvalue weighted by Crippen LogP contribution is 2.33. The zero-order valence-corrected chi connectivity index (χ0v) is 11.8. The van der Waals surface area contributed by atoms with E-state index in [4.69, 9.17) is 5.14 Å². The Hall–Kier alpha value is -2.44. The highest BCUT2D eigenvalue weighted by Gasteiger charge is 2.18. The lowest BCUT2D eigenvalue weighted by molar-refractivity contribution is 0.598. The monoisotopic (exact) mass is 299 g/mol. The fourth-order valence-corrected chi connectivity index (χ4v) is 3.01. The van der Waals surface area contributed by atoms with Crippen LogP contribution in [0.1, 0.15) is 0 Å². The average Bonchev–Trinajstić information content (AvgIpc) is 2.96. The maximum Gasteiger partial charge on any atom is 0.238 e. The highest BCUT2D eigenvalue weighted by atomic mass is 32.2. The first kappa shape index (κ1) is 13.5. The van der Waals surface area contributed by atoms with Gasteiger partial charge < -0.3 is 0 Å². The first-order valence-corrected chi connectivity index (χ1v) is 7.83. The molecule has 0 saturated carbocycles. The Morgan fingerprint density at radius 1 is 0.905 bits per heavy atom. The molecule has 3 N–H and O–H groups in total. The van der Waals surface area contributed by atoms with Crippen LogP contribution in [0.2, 0.25) is 0 Å². The largest absolute Gasteiger partial charge is 0.277 e. The van der Waals surface area contributed by atoms with Gasteiger partial charge in [-0.1, -0.05) is 48.5 Å². The number of benzene rings is 2. The first-order valence-electron chi connectivity index (χ1n) is 6.28. The Balaban J connectivity index is 2.23. The molecule has 0 saturated heterocycles. The molecule has 0 aliphatic carbocycles. The standard InChI is InChI=1S/C15H13N3O2S/c16-21(19,20)14-9-5-4-8-12(14)13-10-17-18-15(13)11-6-2-1-3-7-11/h1-10H,(H,17,18)(H2,16,19,20).